The van der Waals surface area contributed by atoms with Gasteiger partial charge in [0.2, 0.25) is 0 Å². The summed E-state index contributed by atoms with van der Waals surface area (Å²) in [5.41, 5.74) is 1.20. The van der Waals surface area contributed by atoms with Crippen molar-refractivity contribution in [1.82, 2.24) is 5.32 Å². The van der Waals surface area contributed by atoms with Crippen molar-refractivity contribution in [1.29, 1.82) is 0 Å². The van der Waals surface area contributed by atoms with Crippen LogP contribution in [0.2, 0.25) is 0 Å². The van der Waals surface area contributed by atoms with E-state index in [2.05, 4.69) is 63.2 Å². The van der Waals surface area contributed by atoms with Crippen LogP contribution in [-0.4, -0.2) is 26.4 Å². The summed E-state index contributed by atoms with van der Waals surface area (Å²) in [6.45, 7) is 8.54. The maximum Gasteiger partial charge on any atom is 0.147 e. The van der Waals surface area contributed by atoms with Gasteiger partial charge in [0, 0.05) is 19.7 Å². The van der Waals surface area contributed by atoms with Crippen molar-refractivity contribution < 1.29 is 9.47 Å². The third kappa shape index (κ3) is 5.35. The Labute approximate surface area is 138 Å². The van der Waals surface area contributed by atoms with E-state index in [-0.39, 0.29) is 0 Å². The van der Waals surface area contributed by atoms with E-state index in [1.54, 1.807) is 7.11 Å². The largest absolute Gasteiger partial charge is 0.492 e. The van der Waals surface area contributed by atoms with Crippen molar-refractivity contribution in [2.75, 3.05) is 20.3 Å². The highest BCUT2D eigenvalue weighted by atomic mass is 79.9. The molecule has 0 amide bonds. The monoisotopic (exact) mass is 407 g/mol. The SMILES string of the molecule is CCOc1c(Br)cc(CNC(COC)C(C)C)cc1Br. The summed E-state index contributed by atoms with van der Waals surface area (Å²) in [4.78, 5) is 0. The highest BCUT2D eigenvalue weighted by Crippen LogP contribution is 2.34. The van der Waals surface area contributed by atoms with Crippen molar-refractivity contribution in [3.8, 4) is 5.75 Å². The van der Waals surface area contributed by atoms with E-state index in [1.807, 2.05) is 6.92 Å². The third-order valence-electron chi connectivity index (χ3n) is 3.07. The molecule has 0 aliphatic heterocycles. The molecule has 0 saturated heterocycles. The van der Waals surface area contributed by atoms with Gasteiger partial charge in [0.15, 0.2) is 0 Å². The van der Waals surface area contributed by atoms with E-state index >= 15 is 0 Å². The summed E-state index contributed by atoms with van der Waals surface area (Å²) in [6.07, 6.45) is 0. The number of ether oxygens (including phenoxy) is 2. The van der Waals surface area contributed by atoms with Crippen molar-refractivity contribution >= 4 is 31.9 Å². The number of rotatable bonds is 8. The zero-order chi connectivity index (χ0) is 15.1. The van der Waals surface area contributed by atoms with Crippen LogP contribution in [0.25, 0.3) is 0 Å². The van der Waals surface area contributed by atoms with Crippen LogP contribution in [0.1, 0.15) is 26.3 Å². The molecule has 1 N–H and O–H groups in total. The Bertz CT molecular complexity index is 401. The van der Waals surface area contributed by atoms with Gasteiger partial charge in [-0.1, -0.05) is 13.8 Å². The van der Waals surface area contributed by atoms with Gasteiger partial charge in [0.1, 0.15) is 5.75 Å². The van der Waals surface area contributed by atoms with Gasteiger partial charge in [0.25, 0.3) is 0 Å². The molecule has 20 heavy (non-hydrogen) atoms. The summed E-state index contributed by atoms with van der Waals surface area (Å²) in [7, 11) is 1.74. The Kier molecular flexibility index (Phi) is 8.10. The number of methoxy groups -OCH3 is 1. The molecule has 5 heteroatoms. The Morgan fingerprint density at radius 3 is 2.25 bits per heavy atom. The van der Waals surface area contributed by atoms with Crippen LogP contribution in [0.4, 0.5) is 0 Å². The first-order valence-corrected chi connectivity index (χ1v) is 8.41. The van der Waals surface area contributed by atoms with Gasteiger partial charge >= 0.3 is 0 Å². The van der Waals surface area contributed by atoms with E-state index < -0.39 is 0 Å². The Morgan fingerprint density at radius 1 is 1.20 bits per heavy atom. The third-order valence-corrected chi connectivity index (χ3v) is 4.24. The molecule has 1 unspecified atom stereocenters. The molecule has 0 aliphatic carbocycles. The summed E-state index contributed by atoms with van der Waals surface area (Å²) in [5.74, 6) is 1.39. The van der Waals surface area contributed by atoms with Gasteiger partial charge in [-0.2, -0.15) is 0 Å². The first-order chi connectivity index (χ1) is 9.49. The highest BCUT2D eigenvalue weighted by Gasteiger charge is 2.13. The average Bonchev–Trinajstić information content (AvgIpc) is 2.38. The molecule has 0 aliphatic rings. The molecule has 0 fully saturated rings. The second-order valence-electron chi connectivity index (χ2n) is 5.01. The summed E-state index contributed by atoms with van der Waals surface area (Å²) in [6, 6.07) is 4.53. The van der Waals surface area contributed by atoms with Crippen molar-refractivity contribution in [3.05, 3.63) is 26.6 Å². The molecule has 0 aromatic heterocycles. The van der Waals surface area contributed by atoms with Crippen LogP contribution < -0.4 is 10.1 Å². The van der Waals surface area contributed by atoms with Gasteiger partial charge in [-0.05, 0) is 62.4 Å². The molecule has 1 atom stereocenters. The highest BCUT2D eigenvalue weighted by molar-refractivity contribution is 9.11. The molecule has 3 nitrogen and oxygen atoms in total. The van der Waals surface area contributed by atoms with E-state index in [0.29, 0.717) is 18.6 Å². The lowest BCUT2D eigenvalue weighted by molar-refractivity contribution is 0.146. The van der Waals surface area contributed by atoms with Gasteiger partial charge in [-0.15, -0.1) is 0 Å². The first-order valence-electron chi connectivity index (χ1n) is 6.82. The molecular weight excluding hydrogens is 386 g/mol. The molecule has 0 heterocycles. The summed E-state index contributed by atoms with van der Waals surface area (Å²) < 4.78 is 12.8. The number of hydrogen-bond donors (Lipinski definition) is 1. The zero-order valence-electron chi connectivity index (χ0n) is 12.5. The van der Waals surface area contributed by atoms with Gasteiger partial charge in [0.05, 0.1) is 22.2 Å². The predicted molar refractivity (Wildman–Crippen MR) is 90.4 cm³/mol. The fraction of sp³-hybridized carbons (Fsp3) is 0.600. The fourth-order valence-electron chi connectivity index (χ4n) is 1.91. The van der Waals surface area contributed by atoms with Crippen LogP contribution in [0.3, 0.4) is 0 Å². The van der Waals surface area contributed by atoms with Gasteiger partial charge in [-0.25, -0.2) is 0 Å². The van der Waals surface area contributed by atoms with Crippen LogP contribution in [-0.2, 0) is 11.3 Å². The maximum absolute atomic E-state index is 5.59. The minimum atomic E-state index is 0.351. The zero-order valence-corrected chi connectivity index (χ0v) is 15.7. The molecule has 0 saturated carbocycles. The molecule has 1 aromatic carbocycles. The van der Waals surface area contributed by atoms with Crippen LogP contribution in [0.15, 0.2) is 21.1 Å². The molecule has 1 rings (SSSR count). The van der Waals surface area contributed by atoms with Crippen molar-refractivity contribution in [3.63, 3.8) is 0 Å². The molecule has 0 bridgehead atoms. The summed E-state index contributed by atoms with van der Waals surface area (Å²) >= 11 is 7.12. The molecular formula is C15H23Br2NO2. The second kappa shape index (κ2) is 9.03. The molecule has 114 valence electrons. The first kappa shape index (κ1) is 18.0. The van der Waals surface area contributed by atoms with Gasteiger partial charge in [-0.3, -0.25) is 0 Å². The fourth-order valence-corrected chi connectivity index (χ4v) is 3.42. The van der Waals surface area contributed by atoms with Crippen molar-refractivity contribution in [2.45, 2.75) is 33.4 Å². The van der Waals surface area contributed by atoms with E-state index in [9.17, 15) is 0 Å². The van der Waals surface area contributed by atoms with E-state index in [1.165, 1.54) is 5.56 Å². The lowest BCUT2D eigenvalue weighted by atomic mass is 10.0. The number of nitrogens with one attached hydrogen (secondary N) is 1. The van der Waals surface area contributed by atoms with E-state index in [4.69, 9.17) is 9.47 Å². The smallest absolute Gasteiger partial charge is 0.147 e. The number of benzene rings is 1. The Balaban J connectivity index is 2.73. The van der Waals surface area contributed by atoms with Crippen LogP contribution in [0.5, 0.6) is 5.75 Å². The lowest BCUT2D eigenvalue weighted by Gasteiger charge is -2.22. The van der Waals surface area contributed by atoms with Gasteiger partial charge < -0.3 is 14.8 Å². The second-order valence-corrected chi connectivity index (χ2v) is 6.72. The normalized spacial score (nSPS) is 12.8. The minimum Gasteiger partial charge on any atom is -0.492 e. The topological polar surface area (TPSA) is 30.5 Å². The maximum atomic E-state index is 5.59. The quantitative estimate of drug-likeness (QED) is 0.692. The Hall–Kier alpha value is -0.100. The van der Waals surface area contributed by atoms with Crippen LogP contribution >= 0.6 is 31.9 Å². The molecule has 0 spiro atoms. The van der Waals surface area contributed by atoms with Crippen LogP contribution in [0, 0.1) is 5.92 Å². The van der Waals surface area contributed by atoms with Crippen molar-refractivity contribution in [2.24, 2.45) is 5.92 Å². The van der Waals surface area contributed by atoms with E-state index in [0.717, 1.165) is 27.8 Å². The summed E-state index contributed by atoms with van der Waals surface area (Å²) in [5, 5.41) is 3.53. The average molecular weight is 409 g/mol. The predicted octanol–water partition coefficient (Wildman–Crippen LogP) is 4.37. The number of hydrogen-bond acceptors (Lipinski definition) is 3. The standard InChI is InChI=1S/C15H23Br2NO2/c1-5-20-15-12(16)6-11(7-13(15)17)8-18-14(9-19-4)10(2)3/h6-7,10,14,18H,5,8-9H2,1-4H3. The molecule has 0 radical (unpaired) electrons. The lowest BCUT2D eigenvalue weighted by Crippen LogP contribution is -2.37. The minimum absolute atomic E-state index is 0.351. The molecule has 1 aromatic rings. The Morgan fingerprint density at radius 2 is 1.80 bits per heavy atom. The number of halogens is 2.